The van der Waals surface area contributed by atoms with E-state index in [1.807, 2.05) is 63.4 Å². The Balaban J connectivity index is 1.85. The maximum absolute atomic E-state index is 12.8. The number of benzene rings is 2. The molecule has 0 unspecified atom stereocenters. The molecule has 7 heteroatoms. The number of aryl methyl sites for hydroxylation is 2. The number of ether oxygens (including phenoxy) is 3. The summed E-state index contributed by atoms with van der Waals surface area (Å²) in [5, 5.41) is 5.16. The topological polar surface area (TPSA) is 73.9 Å². The molecule has 6 nitrogen and oxygen atoms in total. The Morgan fingerprint density at radius 1 is 1.06 bits per heavy atom. The van der Waals surface area contributed by atoms with Gasteiger partial charge in [0.15, 0.2) is 11.5 Å². The Hall–Kier alpha value is -3.58. The van der Waals surface area contributed by atoms with Crippen LogP contribution in [0, 0.1) is 13.8 Å². The molecule has 0 radical (unpaired) electrons. The number of thiophene rings is 1. The predicted octanol–water partition coefficient (Wildman–Crippen LogP) is 6.66. The molecule has 0 aliphatic carbocycles. The highest BCUT2D eigenvalue weighted by Gasteiger charge is 2.22. The summed E-state index contributed by atoms with van der Waals surface area (Å²) < 4.78 is 16.4. The number of amides is 1. The number of anilines is 1. The van der Waals surface area contributed by atoms with Crippen molar-refractivity contribution in [3.8, 4) is 22.6 Å². The number of esters is 1. The molecule has 0 aliphatic heterocycles. The summed E-state index contributed by atoms with van der Waals surface area (Å²) in [6.45, 7) is 9.95. The van der Waals surface area contributed by atoms with Crippen molar-refractivity contribution >= 4 is 34.3 Å². The van der Waals surface area contributed by atoms with E-state index in [2.05, 4.69) is 5.32 Å². The van der Waals surface area contributed by atoms with Gasteiger partial charge in [-0.3, -0.25) is 4.79 Å². The molecule has 0 saturated carbocycles. The third-order valence-electron chi connectivity index (χ3n) is 5.30. The van der Waals surface area contributed by atoms with Crippen LogP contribution in [0.3, 0.4) is 0 Å². The van der Waals surface area contributed by atoms with Gasteiger partial charge in [0.25, 0.3) is 0 Å². The molecule has 1 amide bonds. The second kappa shape index (κ2) is 11.7. The molecule has 1 N–H and O–H groups in total. The lowest BCUT2D eigenvalue weighted by Gasteiger charge is -2.13. The molecule has 3 aromatic rings. The average Bonchev–Trinajstić information content (AvgIpc) is 3.23. The standard InChI is InChI=1S/C28H31NO5S/c1-7-33-28(31)26-22(21-11-8-18(4)19(5)14-21)16-35-27(26)29-25(30)13-10-20-9-12-23(34-17(2)3)24(15-20)32-6/h8-17H,7H2,1-6H3,(H,29,30)/b13-10+. The van der Waals surface area contributed by atoms with E-state index >= 15 is 0 Å². The van der Waals surface area contributed by atoms with Crippen molar-refractivity contribution in [2.75, 3.05) is 19.0 Å². The highest BCUT2D eigenvalue weighted by molar-refractivity contribution is 7.15. The molecule has 35 heavy (non-hydrogen) atoms. The maximum atomic E-state index is 12.8. The van der Waals surface area contributed by atoms with E-state index in [1.54, 1.807) is 26.2 Å². The first-order chi connectivity index (χ1) is 16.7. The van der Waals surface area contributed by atoms with Crippen molar-refractivity contribution in [2.24, 2.45) is 0 Å². The van der Waals surface area contributed by atoms with Crippen LogP contribution < -0.4 is 14.8 Å². The first kappa shape index (κ1) is 26.0. The second-order valence-corrected chi connectivity index (χ2v) is 9.15. The van der Waals surface area contributed by atoms with Gasteiger partial charge in [-0.15, -0.1) is 11.3 Å². The van der Waals surface area contributed by atoms with Crippen molar-refractivity contribution in [3.63, 3.8) is 0 Å². The predicted molar refractivity (Wildman–Crippen MR) is 142 cm³/mol. The minimum atomic E-state index is -0.466. The van der Waals surface area contributed by atoms with Gasteiger partial charge in [0, 0.05) is 17.0 Å². The Bertz CT molecular complexity index is 1240. The van der Waals surface area contributed by atoms with Gasteiger partial charge in [-0.2, -0.15) is 0 Å². The van der Waals surface area contributed by atoms with E-state index < -0.39 is 5.97 Å². The van der Waals surface area contributed by atoms with Crippen LogP contribution in [-0.2, 0) is 9.53 Å². The van der Waals surface area contributed by atoms with Gasteiger partial charge in [-0.25, -0.2) is 4.79 Å². The summed E-state index contributed by atoms with van der Waals surface area (Å²) in [6.07, 6.45) is 3.12. The van der Waals surface area contributed by atoms with E-state index in [4.69, 9.17) is 14.2 Å². The van der Waals surface area contributed by atoms with Crippen molar-refractivity contribution in [1.82, 2.24) is 0 Å². The van der Waals surface area contributed by atoms with E-state index in [0.717, 1.165) is 22.3 Å². The molecule has 1 heterocycles. The Kier molecular flexibility index (Phi) is 8.71. The smallest absolute Gasteiger partial charge is 0.341 e. The van der Waals surface area contributed by atoms with E-state index in [-0.39, 0.29) is 18.6 Å². The van der Waals surface area contributed by atoms with Gasteiger partial charge in [0.05, 0.1) is 19.8 Å². The van der Waals surface area contributed by atoms with E-state index in [0.29, 0.717) is 22.1 Å². The summed E-state index contributed by atoms with van der Waals surface area (Å²) in [4.78, 5) is 25.5. The normalized spacial score (nSPS) is 11.1. The summed E-state index contributed by atoms with van der Waals surface area (Å²) in [5.41, 5.74) is 5.07. The van der Waals surface area contributed by atoms with Crippen LogP contribution in [0.15, 0.2) is 47.9 Å². The molecule has 0 spiro atoms. The number of rotatable bonds is 9. The third kappa shape index (κ3) is 6.51. The lowest BCUT2D eigenvalue weighted by Crippen LogP contribution is -2.12. The van der Waals surface area contributed by atoms with Gasteiger partial charge in [0.2, 0.25) is 5.91 Å². The zero-order valence-electron chi connectivity index (χ0n) is 20.9. The fraction of sp³-hybridized carbons (Fsp3) is 0.286. The molecule has 0 bridgehead atoms. The lowest BCUT2D eigenvalue weighted by atomic mass is 9.99. The molecular formula is C28H31NO5S. The summed E-state index contributed by atoms with van der Waals surface area (Å²) in [6, 6.07) is 11.5. The third-order valence-corrected chi connectivity index (χ3v) is 6.20. The fourth-order valence-corrected chi connectivity index (χ4v) is 4.40. The van der Waals surface area contributed by atoms with Gasteiger partial charge < -0.3 is 19.5 Å². The van der Waals surface area contributed by atoms with Gasteiger partial charge >= 0.3 is 5.97 Å². The minimum absolute atomic E-state index is 0.0178. The molecule has 1 aromatic heterocycles. The minimum Gasteiger partial charge on any atom is -0.493 e. The summed E-state index contributed by atoms with van der Waals surface area (Å²) in [7, 11) is 1.57. The van der Waals surface area contributed by atoms with Crippen LogP contribution in [0.2, 0.25) is 0 Å². The van der Waals surface area contributed by atoms with Crippen LogP contribution in [0.5, 0.6) is 11.5 Å². The van der Waals surface area contributed by atoms with Crippen LogP contribution in [-0.4, -0.2) is 31.7 Å². The van der Waals surface area contributed by atoms with Crippen molar-refractivity contribution in [1.29, 1.82) is 0 Å². The number of methoxy groups -OCH3 is 1. The van der Waals surface area contributed by atoms with Crippen molar-refractivity contribution in [2.45, 2.75) is 40.7 Å². The molecule has 2 aromatic carbocycles. The molecule has 0 atom stereocenters. The van der Waals surface area contributed by atoms with Crippen molar-refractivity contribution in [3.05, 3.63) is 70.1 Å². The summed E-state index contributed by atoms with van der Waals surface area (Å²) in [5.74, 6) is 0.403. The van der Waals surface area contributed by atoms with Crippen LogP contribution in [0.4, 0.5) is 5.00 Å². The lowest BCUT2D eigenvalue weighted by molar-refractivity contribution is -0.111. The Labute approximate surface area is 210 Å². The average molecular weight is 494 g/mol. The molecule has 0 fully saturated rings. The number of carbonyl (C=O) groups is 2. The second-order valence-electron chi connectivity index (χ2n) is 8.27. The zero-order chi connectivity index (χ0) is 25.5. The van der Waals surface area contributed by atoms with Crippen LogP contribution in [0.1, 0.15) is 47.8 Å². The van der Waals surface area contributed by atoms with E-state index in [1.165, 1.54) is 23.0 Å². The monoisotopic (exact) mass is 493 g/mol. The summed E-state index contributed by atoms with van der Waals surface area (Å²) >= 11 is 1.30. The largest absolute Gasteiger partial charge is 0.493 e. The highest BCUT2D eigenvalue weighted by Crippen LogP contribution is 2.37. The number of hydrogen-bond acceptors (Lipinski definition) is 6. The number of nitrogens with one attached hydrogen (secondary N) is 1. The molecule has 0 saturated heterocycles. The van der Waals surface area contributed by atoms with Gasteiger partial charge in [-0.1, -0.05) is 24.3 Å². The Morgan fingerprint density at radius 2 is 1.83 bits per heavy atom. The van der Waals surface area contributed by atoms with Crippen molar-refractivity contribution < 1.29 is 23.8 Å². The first-order valence-corrected chi connectivity index (χ1v) is 12.3. The first-order valence-electron chi connectivity index (χ1n) is 11.4. The van der Waals surface area contributed by atoms with Gasteiger partial charge in [-0.05, 0) is 75.1 Å². The highest BCUT2D eigenvalue weighted by atomic mass is 32.1. The molecular weight excluding hydrogens is 462 g/mol. The zero-order valence-corrected chi connectivity index (χ0v) is 21.7. The number of carbonyl (C=O) groups excluding carboxylic acids is 2. The quantitative estimate of drug-likeness (QED) is 0.267. The fourth-order valence-electron chi connectivity index (χ4n) is 3.44. The van der Waals surface area contributed by atoms with Crippen LogP contribution >= 0.6 is 11.3 Å². The number of hydrogen-bond donors (Lipinski definition) is 1. The van der Waals surface area contributed by atoms with E-state index in [9.17, 15) is 9.59 Å². The molecule has 0 aliphatic rings. The Morgan fingerprint density at radius 3 is 2.49 bits per heavy atom. The maximum Gasteiger partial charge on any atom is 0.341 e. The van der Waals surface area contributed by atoms with Gasteiger partial charge in [0.1, 0.15) is 10.6 Å². The SMILES string of the molecule is CCOC(=O)c1c(-c2ccc(C)c(C)c2)csc1NC(=O)/C=C/c1ccc(OC(C)C)c(OC)c1. The van der Waals surface area contributed by atoms with Crippen LogP contribution in [0.25, 0.3) is 17.2 Å². The molecule has 3 rings (SSSR count). The molecule has 184 valence electrons.